The Bertz CT molecular complexity index is 882. The maximum Gasteiger partial charge on any atom is 0.311 e. The Balaban J connectivity index is 1.87. The van der Waals surface area contributed by atoms with Gasteiger partial charge in [0.15, 0.2) is 5.75 Å². The van der Waals surface area contributed by atoms with Gasteiger partial charge >= 0.3 is 5.69 Å². The van der Waals surface area contributed by atoms with Crippen LogP contribution in [0.2, 0.25) is 0 Å². The average molecular weight is 438 g/mol. The standard InChI is InChI=1S/C18H20BrN3O5/c1-2-27-16-7-5-13(11-15(16)22(25)26)18(24)20-9-3-4-10-21-12-14(19)6-8-17(21)23/h5-8,11-12H,2-4,9-10H2,1H3,(H,20,24). The Morgan fingerprint density at radius 2 is 2.07 bits per heavy atom. The molecule has 0 aliphatic heterocycles. The molecule has 1 aromatic heterocycles. The SMILES string of the molecule is CCOc1ccc(C(=O)NCCCCn2cc(Br)ccc2=O)cc1[N+](=O)[O-]. The number of rotatable bonds is 9. The molecule has 2 rings (SSSR count). The first-order valence-corrected chi connectivity index (χ1v) is 9.27. The van der Waals surface area contributed by atoms with Crippen molar-refractivity contribution in [3.8, 4) is 5.75 Å². The van der Waals surface area contributed by atoms with E-state index >= 15 is 0 Å². The van der Waals surface area contributed by atoms with Gasteiger partial charge in [0.25, 0.3) is 11.5 Å². The van der Waals surface area contributed by atoms with Crippen LogP contribution < -0.4 is 15.6 Å². The number of nitrogens with zero attached hydrogens (tertiary/aromatic N) is 2. The third kappa shape index (κ3) is 5.92. The van der Waals surface area contributed by atoms with Crippen LogP contribution in [-0.4, -0.2) is 28.5 Å². The van der Waals surface area contributed by atoms with Gasteiger partial charge in [-0.05, 0) is 53.9 Å². The molecule has 2 aromatic rings. The minimum atomic E-state index is -0.572. The maximum atomic E-state index is 12.2. The molecule has 0 bridgehead atoms. The molecule has 1 amide bonds. The van der Waals surface area contributed by atoms with Crippen molar-refractivity contribution in [1.82, 2.24) is 9.88 Å². The third-order valence-corrected chi connectivity index (χ3v) is 4.25. The van der Waals surface area contributed by atoms with Gasteiger partial charge in [-0.25, -0.2) is 0 Å². The second-order valence-electron chi connectivity index (χ2n) is 5.71. The van der Waals surface area contributed by atoms with Gasteiger partial charge < -0.3 is 14.6 Å². The maximum absolute atomic E-state index is 12.2. The van der Waals surface area contributed by atoms with E-state index in [4.69, 9.17) is 4.74 Å². The van der Waals surface area contributed by atoms with E-state index in [1.807, 2.05) is 0 Å². The molecule has 0 aliphatic rings. The van der Waals surface area contributed by atoms with Crippen molar-refractivity contribution in [3.63, 3.8) is 0 Å². The summed E-state index contributed by atoms with van der Waals surface area (Å²) < 4.78 is 7.63. The molecule has 144 valence electrons. The fourth-order valence-electron chi connectivity index (χ4n) is 2.47. The Morgan fingerprint density at radius 1 is 1.30 bits per heavy atom. The lowest BCUT2D eigenvalue weighted by molar-refractivity contribution is -0.385. The first kappa shape index (κ1) is 20.6. The molecule has 0 unspecified atom stereocenters. The molecule has 0 radical (unpaired) electrons. The Hall–Kier alpha value is -2.68. The molecular formula is C18H20BrN3O5. The fourth-order valence-corrected chi connectivity index (χ4v) is 2.85. The largest absolute Gasteiger partial charge is 0.487 e. The van der Waals surface area contributed by atoms with Crippen LogP contribution in [0.1, 0.15) is 30.1 Å². The van der Waals surface area contributed by atoms with Crippen molar-refractivity contribution in [2.45, 2.75) is 26.3 Å². The zero-order chi connectivity index (χ0) is 19.8. The first-order valence-electron chi connectivity index (χ1n) is 8.47. The number of halogens is 1. The monoisotopic (exact) mass is 437 g/mol. The molecule has 9 heteroatoms. The predicted molar refractivity (Wildman–Crippen MR) is 104 cm³/mol. The van der Waals surface area contributed by atoms with Crippen LogP contribution in [0.5, 0.6) is 5.75 Å². The van der Waals surface area contributed by atoms with E-state index in [-0.39, 0.29) is 28.5 Å². The topological polar surface area (TPSA) is 103 Å². The lowest BCUT2D eigenvalue weighted by Gasteiger charge is -2.08. The molecule has 0 atom stereocenters. The number of ether oxygens (including phenoxy) is 1. The summed E-state index contributed by atoms with van der Waals surface area (Å²) in [5, 5.41) is 13.8. The summed E-state index contributed by atoms with van der Waals surface area (Å²) in [4.78, 5) is 34.4. The van der Waals surface area contributed by atoms with Crippen molar-refractivity contribution < 1.29 is 14.5 Å². The number of nitro benzene ring substituents is 1. The summed E-state index contributed by atoms with van der Waals surface area (Å²) in [6.45, 7) is 2.98. The summed E-state index contributed by atoms with van der Waals surface area (Å²) in [7, 11) is 0. The highest BCUT2D eigenvalue weighted by Crippen LogP contribution is 2.27. The van der Waals surface area contributed by atoms with Gasteiger partial charge in [0.2, 0.25) is 0 Å². The van der Waals surface area contributed by atoms with E-state index in [1.54, 1.807) is 23.8 Å². The van der Waals surface area contributed by atoms with Crippen LogP contribution in [0.4, 0.5) is 5.69 Å². The lowest BCUT2D eigenvalue weighted by Crippen LogP contribution is -2.25. The van der Waals surface area contributed by atoms with Crippen LogP contribution in [0, 0.1) is 10.1 Å². The van der Waals surface area contributed by atoms with Gasteiger partial charge in [0.1, 0.15) is 0 Å². The van der Waals surface area contributed by atoms with E-state index in [1.165, 1.54) is 24.3 Å². The number of pyridine rings is 1. The normalized spacial score (nSPS) is 10.4. The fraction of sp³-hybridized carbons (Fsp3) is 0.333. The Kier molecular flexibility index (Phi) is 7.54. The number of amides is 1. The molecule has 1 N–H and O–H groups in total. The van der Waals surface area contributed by atoms with Crippen LogP contribution in [0.15, 0.2) is 45.8 Å². The quantitative estimate of drug-likeness (QED) is 0.368. The summed E-state index contributed by atoms with van der Waals surface area (Å²) in [6, 6.07) is 7.31. The molecule has 0 fully saturated rings. The minimum Gasteiger partial charge on any atom is -0.487 e. The predicted octanol–water partition coefficient (Wildman–Crippen LogP) is 3.13. The van der Waals surface area contributed by atoms with Crippen LogP contribution in [0.3, 0.4) is 0 Å². The summed E-state index contributed by atoms with van der Waals surface area (Å²) >= 11 is 3.32. The molecule has 0 aliphatic carbocycles. The van der Waals surface area contributed by atoms with Gasteiger partial charge in [0, 0.05) is 41.5 Å². The lowest BCUT2D eigenvalue weighted by atomic mass is 10.1. The molecule has 1 aromatic carbocycles. The number of nitrogens with one attached hydrogen (secondary N) is 1. The van der Waals surface area contributed by atoms with E-state index in [9.17, 15) is 19.7 Å². The van der Waals surface area contributed by atoms with E-state index in [0.717, 1.165) is 4.47 Å². The van der Waals surface area contributed by atoms with Crippen LogP contribution >= 0.6 is 15.9 Å². The number of unbranched alkanes of at least 4 members (excludes halogenated alkanes) is 1. The van der Waals surface area contributed by atoms with Crippen molar-refractivity contribution in [3.05, 3.63) is 67.0 Å². The van der Waals surface area contributed by atoms with Gasteiger partial charge in [-0.2, -0.15) is 0 Å². The minimum absolute atomic E-state index is 0.0797. The smallest absolute Gasteiger partial charge is 0.311 e. The number of carbonyl (C=O) groups is 1. The highest BCUT2D eigenvalue weighted by Gasteiger charge is 2.18. The van der Waals surface area contributed by atoms with Crippen molar-refractivity contribution in [1.29, 1.82) is 0 Å². The van der Waals surface area contributed by atoms with Crippen molar-refractivity contribution in [2.75, 3.05) is 13.2 Å². The summed E-state index contributed by atoms with van der Waals surface area (Å²) in [6.07, 6.45) is 3.10. The highest BCUT2D eigenvalue weighted by molar-refractivity contribution is 9.10. The number of aryl methyl sites for hydroxylation is 1. The summed E-state index contributed by atoms with van der Waals surface area (Å²) in [5.74, 6) is -0.251. The molecule has 27 heavy (non-hydrogen) atoms. The van der Waals surface area contributed by atoms with Gasteiger partial charge in [-0.1, -0.05) is 0 Å². The zero-order valence-electron chi connectivity index (χ0n) is 14.8. The van der Waals surface area contributed by atoms with Gasteiger partial charge in [-0.3, -0.25) is 19.7 Å². The van der Waals surface area contributed by atoms with Crippen molar-refractivity contribution in [2.24, 2.45) is 0 Å². The molecule has 1 heterocycles. The summed E-state index contributed by atoms with van der Waals surface area (Å²) in [5.41, 5.74) is -0.115. The second kappa shape index (κ2) is 9.86. The molecule has 8 nitrogen and oxygen atoms in total. The molecule has 0 spiro atoms. The zero-order valence-corrected chi connectivity index (χ0v) is 16.4. The number of carbonyl (C=O) groups excluding carboxylic acids is 1. The molecule has 0 saturated heterocycles. The van der Waals surface area contributed by atoms with E-state index < -0.39 is 4.92 Å². The van der Waals surface area contributed by atoms with E-state index in [0.29, 0.717) is 32.5 Å². The van der Waals surface area contributed by atoms with Crippen LogP contribution in [0.25, 0.3) is 0 Å². The Labute approximate surface area is 164 Å². The second-order valence-corrected chi connectivity index (χ2v) is 6.63. The van der Waals surface area contributed by atoms with Gasteiger partial charge in [0.05, 0.1) is 11.5 Å². The van der Waals surface area contributed by atoms with Crippen LogP contribution in [-0.2, 0) is 6.54 Å². The first-order chi connectivity index (χ1) is 12.9. The number of hydrogen-bond acceptors (Lipinski definition) is 5. The van der Waals surface area contributed by atoms with Crippen molar-refractivity contribution >= 4 is 27.5 Å². The van der Waals surface area contributed by atoms with E-state index in [2.05, 4.69) is 21.2 Å². The number of nitro groups is 1. The number of hydrogen-bond donors (Lipinski definition) is 1. The van der Waals surface area contributed by atoms with Gasteiger partial charge in [-0.15, -0.1) is 0 Å². The average Bonchev–Trinajstić information content (AvgIpc) is 2.64. The molecular weight excluding hydrogens is 418 g/mol. The highest BCUT2D eigenvalue weighted by atomic mass is 79.9. The third-order valence-electron chi connectivity index (χ3n) is 3.78. The number of aromatic nitrogens is 1. The Morgan fingerprint density at radius 3 is 2.78 bits per heavy atom. The number of benzene rings is 1. The molecule has 0 saturated carbocycles.